The first kappa shape index (κ1) is 20.0. The zero-order valence-corrected chi connectivity index (χ0v) is 17.2. The van der Waals surface area contributed by atoms with Crippen LogP contribution in [0.4, 0.5) is 14.5 Å². The van der Waals surface area contributed by atoms with Gasteiger partial charge in [-0.15, -0.1) is 5.10 Å². The molecule has 1 aromatic carbocycles. The number of carbonyl (C=O) groups is 1. The summed E-state index contributed by atoms with van der Waals surface area (Å²) in [5.41, 5.74) is 2.16. The summed E-state index contributed by atoms with van der Waals surface area (Å²) in [6, 6.07) is 6.98. The van der Waals surface area contributed by atoms with Gasteiger partial charge >= 0.3 is 0 Å². The maximum atomic E-state index is 14.4. The summed E-state index contributed by atoms with van der Waals surface area (Å²) >= 11 is 0. The van der Waals surface area contributed by atoms with Crippen LogP contribution in [-0.2, 0) is 13.6 Å². The van der Waals surface area contributed by atoms with Crippen molar-refractivity contribution in [1.82, 2.24) is 35.1 Å². The van der Waals surface area contributed by atoms with Crippen LogP contribution in [0.2, 0.25) is 0 Å². The van der Waals surface area contributed by atoms with Crippen molar-refractivity contribution in [2.24, 2.45) is 7.05 Å². The van der Waals surface area contributed by atoms with E-state index in [1.54, 1.807) is 17.8 Å². The summed E-state index contributed by atoms with van der Waals surface area (Å²) in [6.07, 6.45) is 4.82. The zero-order valence-electron chi connectivity index (χ0n) is 17.2. The molecule has 0 unspecified atom stereocenters. The van der Waals surface area contributed by atoms with Crippen molar-refractivity contribution < 1.29 is 13.6 Å². The van der Waals surface area contributed by atoms with Gasteiger partial charge in [-0.25, -0.2) is 18.0 Å². The number of halogens is 2. The molecule has 3 aromatic heterocycles. The van der Waals surface area contributed by atoms with Gasteiger partial charge in [-0.05, 0) is 53.6 Å². The molecular formula is C21H20F2N8O. The molecule has 1 N–H and O–H groups in total. The number of aryl methyl sites for hydroxylation is 1. The van der Waals surface area contributed by atoms with Gasteiger partial charge < -0.3 is 10.2 Å². The summed E-state index contributed by atoms with van der Waals surface area (Å²) in [6.45, 7) is 0.873. The zero-order chi connectivity index (χ0) is 22.2. The second kappa shape index (κ2) is 7.98. The molecule has 5 rings (SSSR count). The van der Waals surface area contributed by atoms with Gasteiger partial charge in [0.25, 0.3) is 5.91 Å². The van der Waals surface area contributed by atoms with E-state index in [9.17, 15) is 13.6 Å². The van der Waals surface area contributed by atoms with Crippen LogP contribution in [0.3, 0.4) is 0 Å². The number of nitrogens with one attached hydrogen (secondary N) is 1. The minimum absolute atomic E-state index is 0.173. The highest BCUT2D eigenvalue weighted by atomic mass is 19.1. The molecule has 1 aliphatic heterocycles. The fourth-order valence-corrected chi connectivity index (χ4v) is 4.14. The quantitative estimate of drug-likeness (QED) is 0.514. The van der Waals surface area contributed by atoms with Crippen molar-refractivity contribution in [3.63, 3.8) is 0 Å². The number of pyridine rings is 1. The first-order valence-electron chi connectivity index (χ1n) is 10.2. The van der Waals surface area contributed by atoms with Crippen LogP contribution in [0.5, 0.6) is 0 Å². The number of benzene rings is 1. The third kappa shape index (κ3) is 3.55. The normalized spacial score (nSPS) is 16.1. The van der Waals surface area contributed by atoms with Gasteiger partial charge in [0.05, 0.1) is 29.9 Å². The van der Waals surface area contributed by atoms with E-state index in [2.05, 4.69) is 25.9 Å². The Kier molecular flexibility index (Phi) is 5.00. The number of aromatic nitrogens is 6. The first-order valence-corrected chi connectivity index (χ1v) is 10.2. The highest BCUT2D eigenvalue weighted by Gasteiger charge is 2.29. The lowest BCUT2D eigenvalue weighted by molar-refractivity contribution is 0.0951. The Morgan fingerprint density at radius 1 is 1.25 bits per heavy atom. The molecule has 4 heterocycles. The number of hydrogen-bond donors (Lipinski definition) is 1. The molecule has 164 valence electrons. The van der Waals surface area contributed by atoms with Crippen LogP contribution < -0.4 is 10.2 Å². The van der Waals surface area contributed by atoms with E-state index >= 15 is 0 Å². The molecule has 1 atom stereocenters. The monoisotopic (exact) mass is 438 g/mol. The second-order valence-electron chi connectivity index (χ2n) is 7.69. The fourth-order valence-electron chi connectivity index (χ4n) is 4.14. The average Bonchev–Trinajstić information content (AvgIpc) is 3.52. The van der Waals surface area contributed by atoms with E-state index < -0.39 is 11.6 Å². The number of hydrogen-bond acceptors (Lipinski definition) is 6. The topological polar surface area (TPSA) is 93.2 Å². The fraction of sp³-hybridized carbons (Fsp3) is 0.286. The van der Waals surface area contributed by atoms with Crippen molar-refractivity contribution in [2.75, 3.05) is 11.4 Å². The maximum absolute atomic E-state index is 14.4. The molecule has 1 amide bonds. The third-order valence-electron chi connectivity index (χ3n) is 5.77. The minimum Gasteiger partial charge on any atom is -0.364 e. The standard InChI is InChI=1S/C21H20F2N8O/c1-29-20(26-27-28-29)12-24-21(32)16-11-25-31-8-6-14(10-19(16)31)30-7-2-3-18(30)15-9-13(22)4-5-17(15)23/h4-6,8-11,18H,2-3,7,12H2,1H3,(H,24,32)/t18-/m1/s1. The summed E-state index contributed by atoms with van der Waals surface area (Å²) in [5, 5.41) is 18.2. The van der Waals surface area contributed by atoms with E-state index in [0.717, 1.165) is 24.2 Å². The lowest BCUT2D eigenvalue weighted by Gasteiger charge is -2.27. The number of fused-ring (bicyclic) bond motifs is 1. The number of anilines is 1. The minimum atomic E-state index is -0.462. The Morgan fingerprint density at radius 2 is 2.12 bits per heavy atom. The van der Waals surface area contributed by atoms with Crippen molar-refractivity contribution in [3.05, 3.63) is 71.3 Å². The number of tetrazole rings is 1. The van der Waals surface area contributed by atoms with Gasteiger partial charge in [0.2, 0.25) is 0 Å². The van der Waals surface area contributed by atoms with Crippen LogP contribution in [0.1, 0.15) is 40.6 Å². The smallest absolute Gasteiger partial charge is 0.255 e. The van der Waals surface area contributed by atoms with Gasteiger partial charge in [0, 0.05) is 31.0 Å². The molecule has 9 nitrogen and oxygen atoms in total. The van der Waals surface area contributed by atoms with E-state index in [0.29, 0.717) is 35.4 Å². The SMILES string of the molecule is Cn1nnnc1CNC(=O)c1cnn2ccc(N3CCC[C@@H]3c3cc(F)ccc3F)cc12. The molecule has 0 radical (unpaired) electrons. The molecule has 0 bridgehead atoms. The number of carbonyl (C=O) groups excluding carboxylic acids is 1. The second-order valence-corrected chi connectivity index (χ2v) is 7.69. The Labute approximate surface area is 181 Å². The maximum Gasteiger partial charge on any atom is 0.255 e. The summed E-state index contributed by atoms with van der Waals surface area (Å²) in [4.78, 5) is 14.8. The molecule has 0 aliphatic carbocycles. The third-order valence-corrected chi connectivity index (χ3v) is 5.77. The molecule has 4 aromatic rings. The van der Waals surface area contributed by atoms with Crippen molar-refractivity contribution in [1.29, 1.82) is 0 Å². The Morgan fingerprint density at radius 3 is 2.94 bits per heavy atom. The van der Waals surface area contributed by atoms with Crippen LogP contribution >= 0.6 is 0 Å². The highest BCUT2D eigenvalue weighted by Crippen LogP contribution is 2.38. The lowest BCUT2D eigenvalue weighted by atomic mass is 10.0. The number of amides is 1. The molecule has 1 aliphatic rings. The molecule has 1 saturated heterocycles. The van der Waals surface area contributed by atoms with Crippen molar-refractivity contribution in [2.45, 2.75) is 25.4 Å². The number of nitrogens with zero attached hydrogens (tertiary/aromatic N) is 7. The van der Waals surface area contributed by atoms with Gasteiger partial charge in [0.15, 0.2) is 5.82 Å². The molecule has 0 saturated carbocycles. The van der Waals surface area contributed by atoms with Crippen LogP contribution in [0.25, 0.3) is 5.52 Å². The Bertz CT molecular complexity index is 1300. The molecular weight excluding hydrogens is 418 g/mol. The van der Waals surface area contributed by atoms with Crippen LogP contribution in [0, 0.1) is 11.6 Å². The van der Waals surface area contributed by atoms with Crippen LogP contribution in [-0.4, -0.2) is 42.3 Å². The first-order chi connectivity index (χ1) is 15.5. The lowest BCUT2D eigenvalue weighted by Crippen LogP contribution is -2.25. The Hall–Kier alpha value is -3.89. The summed E-state index contributed by atoms with van der Waals surface area (Å²) < 4.78 is 31.3. The van der Waals surface area contributed by atoms with E-state index in [-0.39, 0.29) is 18.5 Å². The summed E-state index contributed by atoms with van der Waals surface area (Å²) in [5.74, 6) is -0.675. The van der Waals surface area contributed by atoms with Crippen molar-refractivity contribution in [3.8, 4) is 0 Å². The highest BCUT2D eigenvalue weighted by molar-refractivity contribution is 6.01. The summed E-state index contributed by atoms with van der Waals surface area (Å²) in [7, 11) is 1.69. The molecule has 1 fully saturated rings. The predicted octanol–water partition coefficient (Wildman–Crippen LogP) is 2.41. The van der Waals surface area contributed by atoms with Gasteiger partial charge in [-0.3, -0.25) is 4.79 Å². The average molecular weight is 438 g/mol. The molecule has 0 spiro atoms. The predicted molar refractivity (Wildman–Crippen MR) is 111 cm³/mol. The molecule has 32 heavy (non-hydrogen) atoms. The largest absolute Gasteiger partial charge is 0.364 e. The Balaban J connectivity index is 1.43. The molecule has 11 heteroatoms. The van der Waals surface area contributed by atoms with E-state index in [1.807, 2.05) is 17.0 Å². The van der Waals surface area contributed by atoms with Gasteiger partial charge in [0.1, 0.15) is 11.6 Å². The van der Waals surface area contributed by atoms with Gasteiger partial charge in [-0.1, -0.05) is 0 Å². The van der Waals surface area contributed by atoms with Crippen molar-refractivity contribution >= 4 is 17.1 Å². The van der Waals surface area contributed by atoms with Gasteiger partial charge in [-0.2, -0.15) is 5.10 Å². The van der Waals surface area contributed by atoms with E-state index in [4.69, 9.17) is 0 Å². The van der Waals surface area contributed by atoms with E-state index in [1.165, 1.54) is 16.9 Å². The number of rotatable bonds is 5. The van der Waals surface area contributed by atoms with Crippen LogP contribution in [0.15, 0.2) is 42.7 Å².